The molecule has 354 valence electrons. The van der Waals surface area contributed by atoms with Crippen molar-refractivity contribution in [3.05, 3.63) is 99.4 Å². The molecule has 16 heteroatoms. The number of H-pyrrole nitrogens is 1. The summed E-state index contributed by atoms with van der Waals surface area (Å²) in [5, 5.41) is 15.8. The Morgan fingerprint density at radius 1 is 0.940 bits per heavy atom. The Balaban J connectivity index is 0.904. The quantitative estimate of drug-likeness (QED) is 0.0798. The number of nitrogens with one attached hydrogen (secondary N) is 3. The first-order chi connectivity index (χ1) is 32.4. The third-order valence-corrected chi connectivity index (χ3v) is 16.7. The van der Waals surface area contributed by atoms with Gasteiger partial charge in [-0.15, -0.1) is 0 Å². The fourth-order valence-electron chi connectivity index (χ4n) is 11.9. The van der Waals surface area contributed by atoms with E-state index in [-0.39, 0.29) is 16.9 Å². The predicted molar refractivity (Wildman–Crippen MR) is 261 cm³/mol. The van der Waals surface area contributed by atoms with Gasteiger partial charge in [-0.2, -0.15) is 13.4 Å². The molecule has 67 heavy (non-hydrogen) atoms. The van der Waals surface area contributed by atoms with Crippen LogP contribution in [0.1, 0.15) is 130 Å². The van der Waals surface area contributed by atoms with E-state index in [1.165, 1.54) is 43.2 Å². The van der Waals surface area contributed by atoms with Crippen LogP contribution in [0.4, 0.5) is 28.4 Å². The molecule has 0 radical (unpaired) electrons. The normalized spacial score (nSPS) is 20.4. The molecular formula is C51H63N9O6S. The standard InChI is InChI=1S/C51H63N9O6S/c1-33(2)39-13-7-8-14-40(39)42-15-9-22-58(42)38-30-51(31-38)19-24-57(25-20-51)37-16-17-41(43(28-37)59-23-10-26-66-50-45(59)27-36-18-21-52-48(36)55-50)49(61)56-67(64,65)46-29-44(60(62)63)47(34(3)54-46)53-32-35-11-5-4-6-12-35/h7-8,13-14,16-18,21,27-29,33,35,38,42,53H,4-6,9-12,15,19-20,22-26,30-32H2,1-3H3,(H,52,55)(H,56,61). The zero-order valence-corrected chi connectivity index (χ0v) is 39.7. The van der Waals surface area contributed by atoms with Crippen molar-refractivity contribution in [3.8, 4) is 5.88 Å². The number of anilines is 4. The zero-order valence-electron chi connectivity index (χ0n) is 38.9. The minimum Gasteiger partial charge on any atom is -0.476 e. The van der Waals surface area contributed by atoms with Crippen LogP contribution < -0.4 is 24.6 Å². The van der Waals surface area contributed by atoms with Gasteiger partial charge >= 0.3 is 0 Å². The van der Waals surface area contributed by atoms with Gasteiger partial charge in [-0.25, -0.2) is 9.71 Å². The maximum Gasteiger partial charge on any atom is 0.297 e. The van der Waals surface area contributed by atoms with Gasteiger partial charge in [0.1, 0.15) is 17.0 Å². The molecule has 1 unspecified atom stereocenters. The van der Waals surface area contributed by atoms with E-state index in [1.54, 1.807) is 13.0 Å². The van der Waals surface area contributed by atoms with Crippen molar-refractivity contribution in [3.63, 3.8) is 0 Å². The summed E-state index contributed by atoms with van der Waals surface area (Å²) in [6.45, 7) is 10.5. The largest absolute Gasteiger partial charge is 0.476 e. The summed E-state index contributed by atoms with van der Waals surface area (Å²) in [5.41, 5.74) is 6.15. The lowest BCUT2D eigenvalue weighted by atomic mass is 9.59. The van der Waals surface area contributed by atoms with E-state index in [1.807, 2.05) is 35.4 Å². The number of likely N-dealkylation sites (tertiary alicyclic amines) is 1. The summed E-state index contributed by atoms with van der Waals surface area (Å²) in [6, 6.07) is 20.5. The van der Waals surface area contributed by atoms with Crippen LogP contribution in [0.15, 0.2) is 71.9 Å². The van der Waals surface area contributed by atoms with Gasteiger partial charge in [0, 0.05) is 55.5 Å². The number of benzene rings is 2. The molecule has 5 aliphatic rings. The fraction of sp³-hybridized carbons (Fsp3) is 0.510. The Kier molecular flexibility index (Phi) is 12.4. The number of aryl methyl sites for hydroxylation is 1. The highest BCUT2D eigenvalue weighted by atomic mass is 32.2. The monoisotopic (exact) mass is 929 g/mol. The molecule has 1 amide bonds. The van der Waals surface area contributed by atoms with Crippen LogP contribution in [0.5, 0.6) is 5.88 Å². The molecule has 4 fully saturated rings. The van der Waals surface area contributed by atoms with Crippen molar-refractivity contribution >= 4 is 55.4 Å². The Bertz CT molecular complexity index is 2770. The molecule has 2 aliphatic carbocycles. The second-order valence-electron chi connectivity index (χ2n) is 20.0. The van der Waals surface area contributed by atoms with Crippen molar-refractivity contribution < 1.29 is 22.9 Å². The second kappa shape index (κ2) is 18.4. The van der Waals surface area contributed by atoms with Crippen LogP contribution in [0.2, 0.25) is 0 Å². The van der Waals surface area contributed by atoms with Crippen molar-refractivity contribution in [2.75, 3.05) is 54.4 Å². The SMILES string of the molecule is Cc1nc(S(=O)(=O)NC(=O)c2ccc(N3CCC4(CC3)CC(N3CCCC3c3ccccc3C(C)C)C4)cc2N2CCCOc3nc4[nH]ccc4cc32)cc([N+](=O)[O-])c1NCC1CCCCC1. The lowest BCUT2D eigenvalue weighted by Gasteiger charge is -2.56. The van der Waals surface area contributed by atoms with Gasteiger partial charge in [-0.3, -0.25) is 19.8 Å². The Morgan fingerprint density at radius 2 is 1.73 bits per heavy atom. The molecule has 1 atom stereocenters. The molecule has 1 spiro atoms. The first kappa shape index (κ1) is 45.1. The second-order valence-corrected chi connectivity index (χ2v) is 21.7. The molecular weight excluding hydrogens is 867 g/mol. The lowest BCUT2D eigenvalue weighted by Crippen LogP contribution is -2.55. The van der Waals surface area contributed by atoms with Gasteiger partial charge in [-0.05, 0) is 130 Å². The number of rotatable bonds is 12. The molecule has 3 aromatic heterocycles. The maximum absolute atomic E-state index is 14.5. The van der Waals surface area contributed by atoms with E-state index in [0.717, 1.165) is 75.3 Å². The van der Waals surface area contributed by atoms with E-state index < -0.39 is 31.6 Å². The van der Waals surface area contributed by atoms with Crippen LogP contribution in [-0.4, -0.2) is 84.5 Å². The molecule has 2 aromatic carbocycles. The molecule has 10 rings (SSSR count). The molecule has 2 saturated heterocycles. The topological polar surface area (TPSA) is 179 Å². The van der Waals surface area contributed by atoms with Gasteiger partial charge in [0.25, 0.3) is 21.6 Å². The highest BCUT2D eigenvalue weighted by Crippen LogP contribution is 2.54. The summed E-state index contributed by atoms with van der Waals surface area (Å²) in [6.07, 6.45) is 14.9. The number of amides is 1. The molecule has 5 aromatic rings. The number of nitrogens with zero attached hydrogens (tertiary/aromatic N) is 6. The number of hydrogen-bond acceptors (Lipinski definition) is 12. The number of pyridine rings is 2. The number of aromatic amines is 1. The van der Waals surface area contributed by atoms with Crippen molar-refractivity contribution in [1.29, 1.82) is 0 Å². The van der Waals surface area contributed by atoms with E-state index in [9.17, 15) is 23.3 Å². The van der Waals surface area contributed by atoms with Crippen molar-refractivity contribution in [1.82, 2.24) is 24.6 Å². The van der Waals surface area contributed by atoms with Gasteiger partial charge in [-0.1, -0.05) is 57.4 Å². The van der Waals surface area contributed by atoms with Crippen LogP contribution in [0.25, 0.3) is 11.0 Å². The van der Waals surface area contributed by atoms with Crippen molar-refractivity contribution in [2.24, 2.45) is 11.3 Å². The van der Waals surface area contributed by atoms with Gasteiger partial charge in [0.05, 0.1) is 34.5 Å². The summed E-state index contributed by atoms with van der Waals surface area (Å²) in [5.74, 6) is 0.404. The summed E-state index contributed by atoms with van der Waals surface area (Å²) in [7, 11) is -4.67. The summed E-state index contributed by atoms with van der Waals surface area (Å²) >= 11 is 0. The maximum atomic E-state index is 14.5. The number of carbonyl (C=O) groups excluding carboxylic acids is 1. The number of aromatic nitrogens is 3. The predicted octanol–water partition coefficient (Wildman–Crippen LogP) is 9.92. The van der Waals surface area contributed by atoms with Gasteiger partial charge in [0.15, 0.2) is 5.03 Å². The molecule has 3 aliphatic heterocycles. The number of sulfonamides is 1. The smallest absolute Gasteiger partial charge is 0.297 e. The lowest BCUT2D eigenvalue weighted by molar-refractivity contribution is -0.384. The van der Waals surface area contributed by atoms with E-state index in [2.05, 4.69) is 67.9 Å². The first-order valence-electron chi connectivity index (χ1n) is 24.5. The number of piperidine rings is 1. The molecule has 0 bridgehead atoms. The highest BCUT2D eigenvalue weighted by molar-refractivity contribution is 7.90. The van der Waals surface area contributed by atoms with Crippen LogP contribution >= 0.6 is 0 Å². The van der Waals surface area contributed by atoms with Gasteiger partial charge < -0.3 is 24.8 Å². The Hall–Kier alpha value is -5.74. The van der Waals surface area contributed by atoms with Crippen molar-refractivity contribution in [2.45, 2.75) is 121 Å². The molecule has 15 nitrogen and oxygen atoms in total. The molecule has 3 N–H and O–H groups in total. The fourth-order valence-corrected chi connectivity index (χ4v) is 12.8. The zero-order chi connectivity index (χ0) is 46.5. The highest BCUT2D eigenvalue weighted by Gasteiger charge is 2.50. The van der Waals surface area contributed by atoms with Gasteiger partial charge in [0.2, 0.25) is 5.88 Å². The molecule has 2 saturated carbocycles. The van der Waals surface area contributed by atoms with E-state index in [0.29, 0.717) is 78.4 Å². The van der Waals surface area contributed by atoms with Crippen LogP contribution in [-0.2, 0) is 10.0 Å². The number of ether oxygens (including phenoxy) is 1. The molecule has 6 heterocycles. The third kappa shape index (κ3) is 8.94. The number of fused-ring (bicyclic) bond motifs is 2. The Labute approximate surface area is 393 Å². The average molecular weight is 930 g/mol. The first-order valence-corrected chi connectivity index (χ1v) is 25.9. The van der Waals surface area contributed by atoms with Crippen LogP contribution in [0, 0.1) is 28.4 Å². The summed E-state index contributed by atoms with van der Waals surface area (Å²) in [4.78, 5) is 45.7. The Morgan fingerprint density at radius 3 is 2.51 bits per heavy atom. The van der Waals surface area contributed by atoms with E-state index >= 15 is 0 Å². The number of carbonyl (C=O) groups is 1. The average Bonchev–Trinajstić information content (AvgIpc) is 3.95. The number of hydrogen-bond donors (Lipinski definition) is 3. The third-order valence-electron chi connectivity index (χ3n) is 15.5. The minimum absolute atomic E-state index is 0.126. The van der Waals surface area contributed by atoms with E-state index in [4.69, 9.17) is 9.72 Å². The minimum atomic E-state index is -4.67. The summed E-state index contributed by atoms with van der Waals surface area (Å²) < 4.78 is 36.5. The van der Waals surface area contributed by atoms with Crippen LogP contribution in [0.3, 0.4) is 0 Å². The number of nitro groups is 1.